The number of hydrogen-bond acceptors (Lipinski definition) is 10. The van der Waals surface area contributed by atoms with Crippen LogP contribution in [0.5, 0.6) is 5.75 Å². The number of phenolic OH excluding ortho intramolecular Hbond substituents is 1. The van der Waals surface area contributed by atoms with Crippen molar-refractivity contribution in [2.75, 3.05) is 5.32 Å². The highest BCUT2D eigenvalue weighted by atomic mass is 32.2. The van der Waals surface area contributed by atoms with Crippen LogP contribution in [0.1, 0.15) is 0 Å². The number of anilines is 1. The van der Waals surface area contributed by atoms with Crippen molar-refractivity contribution in [2.24, 2.45) is 25.4 Å². The fourth-order valence-corrected chi connectivity index (χ4v) is 5.14. The van der Waals surface area contributed by atoms with Crippen LogP contribution in [-0.4, -0.2) is 42.2 Å². The zero-order valence-electron chi connectivity index (χ0n) is 22.8. The van der Waals surface area contributed by atoms with Crippen LogP contribution < -0.4 is 5.32 Å². The summed E-state index contributed by atoms with van der Waals surface area (Å²) in [5.41, 5.74) is 1.30. The smallest absolute Gasteiger partial charge is 0.296 e. The maximum absolute atomic E-state index is 12.2. The monoisotopic (exact) mass is 646 g/mol. The molecule has 0 aliphatic heterocycles. The summed E-state index contributed by atoms with van der Waals surface area (Å²) in [7, 11) is -9.19. The van der Waals surface area contributed by atoms with Gasteiger partial charge in [0.25, 0.3) is 26.3 Å². The van der Waals surface area contributed by atoms with Gasteiger partial charge in [-0.25, -0.2) is 0 Å². The van der Waals surface area contributed by atoms with Gasteiger partial charge in [0.1, 0.15) is 10.6 Å². The van der Waals surface area contributed by atoms with Gasteiger partial charge >= 0.3 is 0 Å². The first-order valence-electron chi connectivity index (χ1n) is 12.7. The van der Waals surface area contributed by atoms with Crippen LogP contribution in [0.15, 0.2) is 138 Å². The number of amidine groups is 1. The van der Waals surface area contributed by atoms with E-state index in [9.17, 15) is 31.6 Å². The van der Waals surface area contributed by atoms with E-state index < -0.39 is 42.6 Å². The molecule has 0 spiro atoms. The minimum atomic E-state index is -4.86. The van der Waals surface area contributed by atoms with Crippen molar-refractivity contribution in [1.82, 2.24) is 0 Å². The van der Waals surface area contributed by atoms with Crippen molar-refractivity contribution in [2.45, 2.75) is 9.79 Å². The fourth-order valence-electron chi connectivity index (χ4n) is 4.00. The number of azo groups is 2. The molecule has 0 aliphatic rings. The Morgan fingerprint density at radius 3 is 1.73 bits per heavy atom. The predicted molar refractivity (Wildman–Crippen MR) is 166 cm³/mol. The average molecular weight is 647 g/mol. The van der Waals surface area contributed by atoms with E-state index in [-0.39, 0.29) is 21.4 Å². The Balaban J connectivity index is 1.38. The van der Waals surface area contributed by atoms with Gasteiger partial charge in [0.05, 0.1) is 27.6 Å². The van der Waals surface area contributed by atoms with Crippen LogP contribution >= 0.6 is 0 Å². The van der Waals surface area contributed by atoms with E-state index in [2.05, 4.69) is 30.8 Å². The normalized spacial score (nSPS) is 12.7. The molecular formula is C29H22N6O8S2. The Bertz CT molecular complexity index is 2190. The third kappa shape index (κ3) is 7.70. The standard InChI is InChI=1S/C29H22N6O8S2/c36-28-25-15-12-23(31-29(37)30-19-4-2-1-3-5-19)16-18(25)17-26(45(41,42)43)27(28)35-34-21-8-6-20(7-9-21)32-33-22-10-13-24(14-11-22)44(38,39)40/h1-17,36H,(H2,30,31,37)(H,38,39,40)(H,41,42,43). The number of aliphatic hydroxyl groups is 1. The molecule has 5 N–H and O–H groups in total. The van der Waals surface area contributed by atoms with E-state index >= 15 is 0 Å². The molecule has 0 radical (unpaired) electrons. The summed E-state index contributed by atoms with van der Waals surface area (Å²) in [6.45, 7) is 0. The van der Waals surface area contributed by atoms with E-state index in [0.29, 0.717) is 22.7 Å². The van der Waals surface area contributed by atoms with Gasteiger partial charge in [0.2, 0.25) is 0 Å². The topological polar surface area (TPSA) is 223 Å². The Kier molecular flexibility index (Phi) is 8.64. The van der Waals surface area contributed by atoms with Crippen molar-refractivity contribution in [3.8, 4) is 5.75 Å². The molecule has 0 amide bonds. The highest BCUT2D eigenvalue weighted by molar-refractivity contribution is 7.86. The number of aliphatic imine (C=N–C) groups is 1. The van der Waals surface area contributed by atoms with Crippen LogP contribution in [0.4, 0.5) is 34.1 Å². The number of hydrogen-bond donors (Lipinski definition) is 5. The zero-order valence-corrected chi connectivity index (χ0v) is 24.4. The third-order valence-corrected chi connectivity index (χ3v) is 7.84. The summed E-state index contributed by atoms with van der Waals surface area (Å²) in [5.74, 6) is -0.553. The molecule has 0 fully saturated rings. The number of rotatable bonds is 8. The van der Waals surface area contributed by atoms with Crippen molar-refractivity contribution in [3.05, 3.63) is 103 Å². The molecule has 0 saturated carbocycles. The van der Waals surface area contributed by atoms with Gasteiger partial charge in [-0.1, -0.05) is 18.2 Å². The molecule has 228 valence electrons. The first kappa shape index (κ1) is 30.9. The SMILES string of the molecule is O=S(=O)(O)c1ccc(N=Nc2ccc(N=Nc3c(S(=O)(=O)O)cc4cc(NC(O)=Nc5ccccc5)ccc4c3O)cc2)cc1. The molecule has 0 aliphatic carbocycles. The van der Waals surface area contributed by atoms with Gasteiger partial charge in [-0.05, 0) is 90.3 Å². The number of para-hydroxylation sites is 1. The predicted octanol–water partition coefficient (Wildman–Crippen LogP) is 7.53. The molecule has 14 nitrogen and oxygen atoms in total. The highest BCUT2D eigenvalue weighted by Crippen LogP contribution is 2.42. The van der Waals surface area contributed by atoms with Gasteiger partial charge < -0.3 is 15.5 Å². The van der Waals surface area contributed by atoms with Gasteiger partial charge in [0.15, 0.2) is 5.75 Å². The first-order valence-corrected chi connectivity index (χ1v) is 15.6. The van der Waals surface area contributed by atoms with Crippen LogP contribution in [0.2, 0.25) is 0 Å². The van der Waals surface area contributed by atoms with Gasteiger partial charge in [0, 0.05) is 11.1 Å². The number of fused-ring (bicyclic) bond motifs is 1. The minimum absolute atomic E-state index is 0.196. The lowest BCUT2D eigenvalue weighted by molar-refractivity contribution is 0.472. The van der Waals surface area contributed by atoms with Gasteiger partial charge in [-0.3, -0.25) is 9.11 Å². The number of nitrogens with one attached hydrogen (secondary N) is 1. The summed E-state index contributed by atoms with van der Waals surface area (Å²) in [6, 6.07) is 24.9. The number of aliphatic hydroxyl groups excluding tert-OH is 1. The van der Waals surface area contributed by atoms with Crippen molar-refractivity contribution >= 4 is 71.2 Å². The molecule has 0 heterocycles. The Hall–Kier alpha value is -5.55. The number of benzene rings is 5. The Morgan fingerprint density at radius 1 is 0.622 bits per heavy atom. The van der Waals surface area contributed by atoms with E-state index in [4.69, 9.17) is 4.55 Å². The number of phenols is 1. The molecule has 0 unspecified atom stereocenters. The molecule has 5 rings (SSSR count). The van der Waals surface area contributed by atoms with E-state index in [1.54, 1.807) is 30.3 Å². The molecule has 0 atom stereocenters. The molecule has 0 saturated heterocycles. The van der Waals surface area contributed by atoms with Crippen molar-refractivity contribution in [1.29, 1.82) is 0 Å². The van der Waals surface area contributed by atoms with Crippen LogP contribution in [0.3, 0.4) is 0 Å². The van der Waals surface area contributed by atoms with E-state index in [1.165, 1.54) is 66.7 Å². The Morgan fingerprint density at radius 2 is 1.18 bits per heavy atom. The summed E-state index contributed by atoms with van der Waals surface area (Å²) >= 11 is 0. The molecule has 16 heteroatoms. The molecule has 45 heavy (non-hydrogen) atoms. The molecule has 0 aromatic heterocycles. The lowest BCUT2D eigenvalue weighted by atomic mass is 10.1. The first-order chi connectivity index (χ1) is 21.4. The fraction of sp³-hybridized carbons (Fsp3) is 0. The van der Waals surface area contributed by atoms with Crippen LogP contribution in [-0.2, 0) is 20.2 Å². The second-order valence-corrected chi connectivity index (χ2v) is 12.1. The van der Waals surface area contributed by atoms with Crippen LogP contribution in [0.25, 0.3) is 10.8 Å². The lowest BCUT2D eigenvalue weighted by Crippen LogP contribution is -2.10. The Labute approximate surface area is 256 Å². The number of nitrogens with zero attached hydrogens (tertiary/aromatic N) is 5. The summed E-state index contributed by atoms with van der Waals surface area (Å²) in [6.07, 6.45) is 0. The van der Waals surface area contributed by atoms with E-state index in [1.807, 2.05) is 0 Å². The average Bonchev–Trinajstić information content (AvgIpc) is 2.99. The maximum Gasteiger partial charge on any atom is 0.296 e. The van der Waals surface area contributed by atoms with E-state index in [0.717, 1.165) is 6.07 Å². The minimum Gasteiger partial charge on any atom is -0.505 e. The highest BCUT2D eigenvalue weighted by Gasteiger charge is 2.22. The second kappa shape index (κ2) is 12.6. The summed E-state index contributed by atoms with van der Waals surface area (Å²) in [4.78, 5) is 3.05. The molecule has 5 aromatic carbocycles. The summed E-state index contributed by atoms with van der Waals surface area (Å²) < 4.78 is 65.7. The van der Waals surface area contributed by atoms with Crippen molar-refractivity contribution in [3.63, 3.8) is 0 Å². The van der Waals surface area contributed by atoms with Crippen LogP contribution in [0, 0.1) is 0 Å². The quantitative estimate of drug-likeness (QED) is 0.0485. The lowest BCUT2D eigenvalue weighted by Gasteiger charge is -2.11. The van der Waals surface area contributed by atoms with Crippen molar-refractivity contribution < 1.29 is 36.2 Å². The number of aromatic hydroxyl groups is 1. The van der Waals surface area contributed by atoms with Gasteiger partial charge in [-0.2, -0.15) is 37.2 Å². The maximum atomic E-state index is 12.2. The summed E-state index contributed by atoms with van der Waals surface area (Å²) in [5, 5.41) is 40.1. The molecule has 5 aromatic rings. The second-order valence-electron chi connectivity index (χ2n) is 9.26. The van der Waals surface area contributed by atoms with Gasteiger partial charge in [-0.15, -0.1) is 5.11 Å². The zero-order chi connectivity index (χ0) is 32.2. The largest absolute Gasteiger partial charge is 0.505 e. The molecular weight excluding hydrogens is 624 g/mol. The third-order valence-electron chi connectivity index (χ3n) is 6.11. The molecule has 0 bridgehead atoms.